The van der Waals surface area contributed by atoms with Crippen molar-refractivity contribution in [1.82, 2.24) is 0 Å². The first-order chi connectivity index (χ1) is 17.3. The molecule has 0 bridgehead atoms. The SMILES string of the molecule is CC(C=CC[C@@H](C)[C@H]1CC[C@H]2[C@@H]3CCC4CCCC[C@]4(C)[C@H]3CC[C@]12C)=COC(=O)c1ccccc1. The van der Waals surface area contributed by atoms with Gasteiger partial charge < -0.3 is 4.74 Å². The summed E-state index contributed by atoms with van der Waals surface area (Å²) in [5, 5.41) is 0. The zero-order valence-corrected chi connectivity index (χ0v) is 23.2. The quantitative estimate of drug-likeness (QED) is 0.226. The van der Waals surface area contributed by atoms with Crippen molar-refractivity contribution in [2.45, 2.75) is 98.3 Å². The summed E-state index contributed by atoms with van der Waals surface area (Å²) >= 11 is 0. The normalized spacial score (nSPS) is 39.2. The highest BCUT2D eigenvalue weighted by Gasteiger charge is 2.59. The van der Waals surface area contributed by atoms with Gasteiger partial charge >= 0.3 is 5.97 Å². The molecule has 4 saturated carbocycles. The molecule has 0 heterocycles. The Morgan fingerprint density at radius 2 is 1.75 bits per heavy atom. The lowest BCUT2D eigenvalue weighted by Gasteiger charge is -2.61. The minimum atomic E-state index is -0.298. The van der Waals surface area contributed by atoms with Crippen LogP contribution in [0.5, 0.6) is 0 Å². The number of fused-ring (bicyclic) bond motifs is 5. The number of hydrogen-bond donors (Lipinski definition) is 0. The Morgan fingerprint density at radius 1 is 0.972 bits per heavy atom. The highest BCUT2D eigenvalue weighted by Crippen LogP contribution is 2.68. The molecular formula is C34H48O2. The lowest BCUT2D eigenvalue weighted by molar-refractivity contribution is -0.114. The first-order valence-corrected chi connectivity index (χ1v) is 14.9. The van der Waals surface area contributed by atoms with Gasteiger partial charge in [0.2, 0.25) is 0 Å². The van der Waals surface area contributed by atoms with Crippen LogP contribution in [-0.4, -0.2) is 5.97 Å². The summed E-state index contributed by atoms with van der Waals surface area (Å²) in [6.07, 6.45) is 21.9. The van der Waals surface area contributed by atoms with E-state index in [1.807, 2.05) is 25.1 Å². The van der Waals surface area contributed by atoms with Crippen molar-refractivity contribution in [3.05, 3.63) is 59.9 Å². The van der Waals surface area contributed by atoms with E-state index < -0.39 is 0 Å². The summed E-state index contributed by atoms with van der Waals surface area (Å²) in [6.45, 7) is 9.87. The molecule has 1 unspecified atom stereocenters. The van der Waals surface area contributed by atoms with Gasteiger partial charge in [-0.05, 0) is 129 Å². The van der Waals surface area contributed by atoms with Crippen LogP contribution < -0.4 is 0 Å². The Balaban J connectivity index is 1.18. The number of carbonyl (C=O) groups is 1. The summed E-state index contributed by atoms with van der Waals surface area (Å²) in [6, 6.07) is 9.19. The molecule has 4 aliphatic carbocycles. The Kier molecular flexibility index (Phi) is 7.53. The third-order valence-electron chi connectivity index (χ3n) is 11.6. The van der Waals surface area contributed by atoms with Crippen molar-refractivity contribution >= 4 is 5.97 Å². The summed E-state index contributed by atoms with van der Waals surface area (Å²) in [5.74, 6) is 5.19. The van der Waals surface area contributed by atoms with E-state index in [0.717, 1.165) is 41.6 Å². The predicted molar refractivity (Wildman–Crippen MR) is 148 cm³/mol. The van der Waals surface area contributed by atoms with Gasteiger partial charge in [-0.1, -0.05) is 64.0 Å². The number of allylic oxidation sites excluding steroid dienone is 3. The lowest BCUT2D eigenvalue weighted by atomic mass is 9.44. The molecule has 1 aromatic carbocycles. The van der Waals surface area contributed by atoms with Crippen LogP contribution in [0.1, 0.15) is 109 Å². The van der Waals surface area contributed by atoms with Crippen molar-refractivity contribution in [2.24, 2.45) is 46.3 Å². The smallest absolute Gasteiger partial charge is 0.342 e. The summed E-state index contributed by atoms with van der Waals surface area (Å²) in [4.78, 5) is 12.2. The molecule has 1 aromatic rings. The van der Waals surface area contributed by atoms with Gasteiger partial charge in [0.05, 0.1) is 11.8 Å². The van der Waals surface area contributed by atoms with Gasteiger partial charge in [-0.25, -0.2) is 4.79 Å². The van der Waals surface area contributed by atoms with Gasteiger partial charge in [0.1, 0.15) is 0 Å². The molecule has 5 rings (SSSR count). The molecule has 0 aromatic heterocycles. The van der Waals surface area contributed by atoms with Gasteiger partial charge in [0, 0.05) is 0 Å². The molecule has 0 amide bonds. The van der Waals surface area contributed by atoms with Gasteiger partial charge in [-0.2, -0.15) is 0 Å². The van der Waals surface area contributed by atoms with Crippen molar-refractivity contribution in [3.8, 4) is 0 Å². The Morgan fingerprint density at radius 3 is 2.56 bits per heavy atom. The largest absolute Gasteiger partial charge is 0.431 e. The molecule has 2 nitrogen and oxygen atoms in total. The Labute approximate surface area is 220 Å². The number of hydrogen-bond acceptors (Lipinski definition) is 2. The monoisotopic (exact) mass is 488 g/mol. The number of carbonyl (C=O) groups excluding carboxylic acids is 1. The van der Waals surface area contributed by atoms with E-state index in [-0.39, 0.29) is 5.97 Å². The van der Waals surface area contributed by atoms with Gasteiger partial charge in [0.15, 0.2) is 0 Å². The average Bonchev–Trinajstić information content (AvgIpc) is 3.24. The first-order valence-electron chi connectivity index (χ1n) is 14.9. The molecule has 196 valence electrons. The molecule has 0 radical (unpaired) electrons. The number of benzene rings is 1. The van der Waals surface area contributed by atoms with E-state index in [1.165, 1.54) is 64.2 Å². The van der Waals surface area contributed by atoms with Crippen LogP contribution in [-0.2, 0) is 4.74 Å². The van der Waals surface area contributed by atoms with Gasteiger partial charge in [0.25, 0.3) is 0 Å². The second kappa shape index (κ2) is 10.5. The van der Waals surface area contributed by atoms with Crippen LogP contribution in [0.15, 0.2) is 54.3 Å². The molecule has 0 aliphatic heterocycles. The maximum atomic E-state index is 12.2. The van der Waals surface area contributed by atoms with Crippen LogP contribution in [0.3, 0.4) is 0 Å². The van der Waals surface area contributed by atoms with Crippen LogP contribution in [0, 0.1) is 46.3 Å². The molecule has 0 spiro atoms. The fraction of sp³-hybridized carbons (Fsp3) is 0.676. The van der Waals surface area contributed by atoms with Crippen LogP contribution in [0.4, 0.5) is 0 Å². The van der Waals surface area contributed by atoms with Gasteiger partial charge in [-0.3, -0.25) is 0 Å². The second-order valence-corrected chi connectivity index (χ2v) is 13.4. The highest BCUT2D eigenvalue weighted by atomic mass is 16.5. The third kappa shape index (κ3) is 4.74. The minimum absolute atomic E-state index is 0.298. The topological polar surface area (TPSA) is 26.3 Å². The van der Waals surface area contributed by atoms with Crippen LogP contribution >= 0.6 is 0 Å². The summed E-state index contributed by atoms with van der Waals surface area (Å²) < 4.78 is 5.38. The van der Waals surface area contributed by atoms with E-state index in [0.29, 0.717) is 22.3 Å². The fourth-order valence-electron chi connectivity index (χ4n) is 9.73. The summed E-state index contributed by atoms with van der Waals surface area (Å²) in [7, 11) is 0. The van der Waals surface area contributed by atoms with E-state index in [1.54, 1.807) is 18.4 Å². The van der Waals surface area contributed by atoms with Crippen molar-refractivity contribution in [3.63, 3.8) is 0 Å². The number of rotatable bonds is 6. The average molecular weight is 489 g/mol. The second-order valence-electron chi connectivity index (χ2n) is 13.4. The maximum absolute atomic E-state index is 12.2. The molecular weight excluding hydrogens is 440 g/mol. The molecule has 8 atom stereocenters. The number of ether oxygens (including phenoxy) is 1. The standard InChI is InChI=1S/C34H48O2/c1-24(23-36-32(35)26-13-6-5-7-14-26)11-10-12-25(2)29-18-19-30-28-17-16-27-15-8-9-21-33(27,3)31(28)20-22-34(29,30)4/h5-7,10-11,13-14,23,25,27-31H,8-9,12,15-22H2,1-4H3/t25-,27?,28+,29-,30+,31+,33+,34-/m1/s1. The highest BCUT2D eigenvalue weighted by molar-refractivity contribution is 5.89. The zero-order valence-electron chi connectivity index (χ0n) is 23.2. The third-order valence-corrected chi connectivity index (χ3v) is 11.6. The van der Waals surface area contributed by atoms with Crippen LogP contribution in [0.2, 0.25) is 0 Å². The van der Waals surface area contributed by atoms with E-state index >= 15 is 0 Å². The zero-order chi connectivity index (χ0) is 25.3. The molecule has 4 aliphatic rings. The van der Waals surface area contributed by atoms with Crippen molar-refractivity contribution in [2.75, 3.05) is 0 Å². The lowest BCUT2D eigenvalue weighted by Crippen LogP contribution is -2.53. The molecule has 2 heteroatoms. The summed E-state index contributed by atoms with van der Waals surface area (Å²) in [5.41, 5.74) is 2.74. The Hall–Kier alpha value is -1.83. The number of esters is 1. The minimum Gasteiger partial charge on any atom is -0.431 e. The predicted octanol–water partition coefficient (Wildman–Crippen LogP) is 9.38. The van der Waals surface area contributed by atoms with E-state index in [9.17, 15) is 4.79 Å². The van der Waals surface area contributed by atoms with Crippen molar-refractivity contribution < 1.29 is 9.53 Å². The molecule has 0 N–H and O–H groups in total. The maximum Gasteiger partial charge on any atom is 0.342 e. The van der Waals surface area contributed by atoms with Crippen molar-refractivity contribution in [1.29, 1.82) is 0 Å². The molecule has 0 saturated heterocycles. The van der Waals surface area contributed by atoms with E-state index in [2.05, 4.69) is 32.9 Å². The molecule has 36 heavy (non-hydrogen) atoms. The Bertz CT molecular complexity index is 976. The van der Waals surface area contributed by atoms with Crippen LogP contribution in [0.25, 0.3) is 0 Å². The molecule has 4 fully saturated rings. The van der Waals surface area contributed by atoms with Gasteiger partial charge in [-0.15, -0.1) is 0 Å². The first kappa shape index (κ1) is 25.8. The fourth-order valence-corrected chi connectivity index (χ4v) is 9.73. The van der Waals surface area contributed by atoms with E-state index in [4.69, 9.17) is 4.74 Å².